The lowest BCUT2D eigenvalue weighted by Gasteiger charge is -2.35. The Labute approximate surface area is 129 Å². The Kier molecular flexibility index (Phi) is 5.17. The molecule has 0 spiro atoms. The van der Waals surface area contributed by atoms with E-state index in [1.807, 2.05) is 0 Å². The van der Waals surface area contributed by atoms with Gasteiger partial charge in [-0.05, 0) is 54.5 Å². The topological polar surface area (TPSA) is 53.5 Å². The summed E-state index contributed by atoms with van der Waals surface area (Å²) in [5.41, 5.74) is 0. The lowest BCUT2D eigenvalue weighted by Crippen LogP contribution is -2.45. The van der Waals surface area contributed by atoms with Gasteiger partial charge < -0.3 is 4.90 Å². The molecule has 20 heavy (non-hydrogen) atoms. The minimum Gasteiger partial charge on any atom is -0.303 e. The van der Waals surface area contributed by atoms with E-state index < -0.39 is 10.0 Å². The second kappa shape index (κ2) is 6.51. The molecular weight excluding hydrogens is 342 g/mol. The Hall–Kier alpha value is -0.500. The van der Waals surface area contributed by atoms with Gasteiger partial charge in [-0.3, -0.25) is 4.98 Å². The molecule has 0 saturated carbocycles. The van der Waals surface area contributed by atoms with Gasteiger partial charge in [0, 0.05) is 30.0 Å². The molecule has 0 bridgehead atoms. The van der Waals surface area contributed by atoms with Crippen molar-refractivity contribution in [2.75, 3.05) is 26.7 Å². The second-order valence-electron chi connectivity index (χ2n) is 5.03. The second-order valence-corrected chi connectivity index (χ2v) is 7.94. The van der Waals surface area contributed by atoms with Crippen LogP contribution < -0.4 is 0 Å². The fourth-order valence-corrected chi connectivity index (χ4v) is 4.42. The largest absolute Gasteiger partial charge is 0.303 e. The van der Waals surface area contributed by atoms with Crippen LogP contribution in [0.4, 0.5) is 0 Å². The van der Waals surface area contributed by atoms with Gasteiger partial charge in [0.15, 0.2) is 0 Å². The fraction of sp³-hybridized carbons (Fsp3) is 0.615. The van der Waals surface area contributed by atoms with Crippen molar-refractivity contribution >= 4 is 26.0 Å². The highest BCUT2D eigenvalue weighted by Crippen LogP contribution is 2.23. The molecule has 1 aliphatic heterocycles. The van der Waals surface area contributed by atoms with Crippen molar-refractivity contribution in [3.63, 3.8) is 0 Å². The third-order valence-electron chi connectivity index (χ3n) is 3.88. The molecule has 0 aliphatic carbocycles. The molecule has 1 aromatic heterocycles. The number of halogens is 1. The van der Waals surface area contributed by atoms with Gasteiger partial charge in [-0.15, -0.1) is 0 Å². The molecule has 0 unspecified atom stereocenters. The molecule has 1 fully saturated rings. The zero-order valence-corrected chi connectivity index (χ0v) is 14.2. The summed E-state index contributed by atoms with van der Waals surface area (Å²) in [6.07, 6.45) is 4.74. The van der Waals surface area contributed by atoms with Gasteiger partial charge in [-0.25, -0.2) is 8.42 Å². The monoisotopic (exact) mass is 361 g/mol. The molecule has 1 aromatic rings. The van der Waals surface area contributed by atoms with Crippen LogP contribution in [0.1, 0.15) is 19.8 Å². The van der Waals surface area contributed by atoms with Crippen molar-refractivity contribution < 1.29 is 8.42 Å². The quantitative estimate of drug-likeness (QED) is 0.822. The molecule has 1 aliphatic rings. The lowest BCUT2D eigenvalue weighted by molar-refractivity contribution is 0.176. The first kappa shape index (κ1) is 15.9. The number of likely N-dealkylation sites (tertiary alicyclic amines) is 1. The van der Waals surface area contributed by atoms with Crippen molar-refractivity contribution in [3.8, 4) is 0 Å². The third kappa shape index (κ3) is 3.39. The van der Waals surface area contributed by atoms with Crippen LogP contribution in [0.15, 0.2) is 27.8 Å². The summed E-state index contributed by atoms with van der Waals surface area (Å²) in [5, 5.41) is 0. The van der Waals surface area contributed by atoms with Crippen LogP contribution in [0.2, 0.25) is 0 Å². The highest BCUT2D eigenvalue weighted by Gasteiger charge is 2.30. The smallest absolute Gasteiger partial charge is 0.244 e. The summed E-state index contributed by atoms with van der Waals surface area (Å²) in [6, 6.07) is 1.67. The molecule has 1 saturated heterocycles. The van der Waals surface area contributed by atoms with Crippen LogP contribution in [-0.4, -0.2) is 55.3 Å². The SMILES string of the molecule is CCN1CCC(N(C)S(=O)(=O)c2cncc(Br)c2)CC1. The van der Waals surface area contributed by atoms with Gasteiger partial charge in [-0.2, -0.15) is 4.31 Å². The summed E-state index contributed by atoms with van der Waals surface area (Å²) < 4.78 is 27.3. The molecule has 5 nitrogen and oxygen atoms in total. The number of pyridine rings is 1. The van der Waals surface area contributed by atoms with E-state index in [4.69, 9.17) is 0 Å². The van der Waals surface area contributed by atoms with Crippen LogP contribution in [0.5, 0.6) is 0 Å². The number of aromatic nitrogens is 1. The molecular formula is C13H20BrN3O2S. The van der Waals surface area contributed by atoms with E-state index in [9.17, 15) is 8.42 Å². The number of rotatable bonds is 4. The van der Waals surface area contributed by atoms with E-state index >= 15 is 0 Å². The minimum absolute atomic E-state index is 0.0711. The summed E-state index contributed by atoms with van der Waals surface area (Å²) in [6.45, 7) is 5.07. The van der Waals surface area contributed by atoms with Crippen LogP contribution in [0.25, 0.3) is 0 Å². The predicted octanol–water partition coefficient (Wildman–Crippen LogP) is 1.95. The number of sulfonamides is 1. The molecule has 0 radical (unpaired) electrons. The van der Waals surface area contributed by atoms with Crippen LogP contribution in [-0.2, 0) is 10.0 Å². The van der Waals surface area contributed by atoms with Crippen molar-refractivity contribution in [2.24, 2.45) is 0 Å². The summed E-state index contributed by atoms with van der Waals surface area (Å²) in [7, 11) is -1.79. The molecule has 7 heteroatoms. The average Bonchev–Trinajstić information content (AvgIpc) is 2.46. The normalized spacial score (nSPS) is 18.6. The zero-order chi connectivity index (χ0) is 14.8. The number of hydrogen-bond acceptors (Lipinski definition) is 4. The third-order valence-corrected chi connectivity index (χ3v) is 6.18. The fourth-order valence-electron chi connectivity index (χ4n) is 2.50. The predicted molar refractivity (Wildman–Crippen MR) is 82.0 cm³/mol. The van der Waals surface area contributed by atoms with E-state index in [-0.39, 0.29) is 10.9 Å². The van der Waals surface area contributed by atoms with Gasteiger partial charge in [-0.1, -0.05) is 6.92 Å². The highest BCUT2D eigenvalue weighted by molar-refractivity contribution is 9.10. The van der Waals surface area contributed by atoms with E-state index in [1.54, 1.807) is 19.3 Å². The van der Waals surface area contributed by atoms with Crippen LogP contribution in [0, 0.1) is 0 Å². The molecule has 2 rings (SSSR count). The van der Waals surface area contributed by atoms with Gasteiger partial charge in [0.25, 0.3) is 0 Å². The number of hydrogen-bond donors (Lipinski definition) is 0. The average molecular weight is 362 g/mol. The number of nitrogens with zero attached hydrogens (tertiary/aromatic N) is 3. The van der Waals surface area contributed by atoms with E-state index in [0.717, 1.165) is 32.5 Å². The maximum Gasteiger partial charge on any atom is 0.244 e. The minimum atomic E-state index is -3.46. The van der Waals surface area contributed by atoms with E-state index in [0.29, 0.717) is 4.47 Å². The van der Waals surface area contributed by atoms with Crippen molar-refractivity contribution in [2.45, 2.75) is 30.7 Å². The summed E-state index contributed by atoms with van der Waals surface area (Å²) >= 11 is 3.26. The Morgan fingerprint density at radius 3 is 2.60 bits per heavy atom. The molecule has 0 atom stereocenters. The maximum absolute atomic E-state index is 12.6. The van der Waals surface area contributed by atoms with Crippen molar-refractivity contribution in [1.82, 2.24) is 14.2 Å². The Morgan fingerprint density at radius 1 is 1.40 bits per heavy atom. The number of piperidine rings is 1. The standard InChI is InChI=1S/C13H20BrN3O2S/c1-3-17-6-4-12(5-7-17)16(2)20(18,19)13-8-11(14)9-15-10-13/h8-10,12H,3-7H2,1-2H3. The van der Waals surface area contributed by atoms with Crippen LogP contribution in [0.3, 0.4) is 0 Å². The van der Waals surface area contributed by atoms with Gasteiger partial charge in [0.2, 0.25) is 10.0 Å². The first-order chi connectivity index (χ1) is 9.45. The summed E-state index contributed by atoms with van der Waals surface area (Å²) in [5.74, 6) is 0. The molecule has 0 amide bonds. The van der Waals surface area contributed by atoms with E-state index in [2.05, 4.69) is 32.7 Å². The Bertz CT molecular complexity index is 556. The summed E-state index contributed by atoms with van der Waals surface area (Å²) in [4.78, 5) is 6.53. The molecule has 0 N–H and O–H groups in total. The Balaban J connectivity index is 2.14. The maximum atomic E-state index is 12.6. The zero-order valence-electron chi connectivity index (χ0n) is 11.8. The van der Waals surface area contributed by atoms with Crippen LogP contribution >= 0.6 is 15.9 Å². The first-order valence-electron chi connectivity index (χ1n) is 6.76. The highest BCUT2D eigenvalue weighted by atomic mass is 79.9. The Morgan fingerprint density at radius 2 is 2.05 bits per heavy atom. The van der Waals surface area contributed by atoms with Gasteiger partial charge >= 0.3 is 0 Å². The lowest BCUT2D eigenvalue weighted by atomic mass is 10.1. The molecule has 112 valence electrons. The van der Waals surface area contributed by atoms with E-state index in [1.165, 1.54) is 10.5 Å². The first-order valence-corrected chi connectivity index (χ1v) is 8.99. The van der Waals surface area contributed by atoms with Gasteiger partial charge in [0.1, 0.15) is 4.90 Å². The van der Waals surface area contributed by atoms with Crippen molar-refractivity contribution in [1.29, 1.82) is 0 Å². The molecule has 2 heterocycles. The molecule has 0 aromatic carbocycles. The van der Waals surface area contributed by atoms with Gasteiger partial charge in [0.05, 0.1) is 0 Å². The van der Waals surface area contributed by atoms with Crippen molar-refractivity contribution in [3.05, 3.63) is 22.9 Å².